The van der Waals surface area contributed by atoms with Crippen LogP contribution in [0.5, 0.6) is 0 Å². The van der Waals surface area contributed by atoms with Crippen LogP contribution in [0.4, 0.5) is 0 Å². The summed E-state index contributed by atoms with van der Waals surface area (Å²) in [6.45, 7) is 17.3. The first-order valence-electron chi connectivity index (χ1n) is 10.6. The molecule has 0 amide bonds. The zero-order valence-electron chi connectivity index (χ0n) is 18.9. The second-order valence-corrected chi connectivity index (χ2v) is 19.1. The zero-order valence-corrected chi connectivity index (χ0v) is 20.9. The Morgan fingerprint density at radius 3 is 1.68 bits per heavy atom. The van der Waals surface area contributed by atoms with Crippen LogP contribution in [0.1, 0.15) is 40.5 Å². The van der Waals surface area contributed by atoms with Gasteiger partial charge in [0.1, 0.15) is 0 Å². The fourth-order valence-electron chi connectivity index (χ4n) is 4.06. The largest absolute Gasteiger partial charge is 0.407 e. The molecule has 2 aromatic rings. The molecule has 0 atom stereocenters. The second-order valence-electron chi connectivity index (χ2n) is 9.78. The summed E-state index contributed by atoms with van der Waals surface area (Å²) in [5.74, 6) is 0. The molecule has 0 bridgehead atoms. The van der Waals surface area contributed by atoms with Gasteiger partial charge in [0.05, 0.1) is 8.07 Å². The highest BCUT2D eigenvalue weighted by molar-refractivity contribution is 6.99. The minimum absolute atomic E-state index is 0.0462. The fourth-order valence-corrected chi connectivity index (χ4v) is 10.2. The van der Waals surface area contributed by atoms with Crippen LogP contribution in [0.2, 0.25) is 24.7 Å². The van der Waals surface area contributed by atoms with E-state index >= 15 is 0 Å². The smallest absolute Gasteiger partial charge is 0.261 e. The van der Waals surface area contributed by atoms with Crippen molar-refractivity contribution < 1.29 is 4.43 Å². The summed E-state index contributed by atoms with van der Waals surface area (Å²) in [6, 6.07) is 21.9. The van der Waals surface area contributed by atoms with Crippen LogP contribution >= 0.6 is 0 Å². The normalized spacial score (nSPS) is 13.6. The van der Waals surface area contributed by atoms with Crippen LogP contribution in [0.15, 0.2) is 71.9 Å². The molecular weight excluding hydrogens is 372 g/mol. The molecule has 0 aliphatic rings. The van der Waals surface area contributed by atoms with Crippen LogP contribution in [-0.2, 0) is 4.43 Å². The molecule has 0 aliphatic heterocycles. The van der Waals surface area contributed by atoms with Crippen molar-refractivity contribution in [3.8, 4) is 0 Å². The maximum atomic E-state index is 7.03. The molecule has 0 unspecified atom stereocenters. The van der Waals surface area contributed by atoms with Crippen molar-refractivity contribution >= 4 is 26.8 Å². The van der Waals surface area contributed by atoms with E-state index in [0.717, 1.165) is 19.4 Å². The molecule has 1 nitrogen and oxygen atoms in total. The van der Waals surface area contributed by atoms with Crippen molar-refractivity contribution in [2.45, 2.75) is 65.2 Å². The minimum Gasteiger partial charge on any atom is -0.407 e. The molecule has 0 fully saturated rings. The topological polar surface area (TPSA) is 9.23 Å². The van der Waals surface area contributed by atoms with E-state index in [1.807, 2.05) is 0 Å². The van der Waals surface area contributed by atoms with E-state index in [9.17, 15) is 0 Å². The summed E-state index contributed by atoms with van der Waals surface area (Å²) in [4.78, 5) is 0. The molecule has 0 saturated heterocycles. The highest BCUT2D eigenvalue weighted by Crippen LogP contribution is 2.37. The monoisotopic (exact) mass is 410 g/mol. The molecule has 0 spiro atoms. The molecule has 152 valence electrons. The van der Waals surface area contributed by atoms with Crippen molar-refractivity contribution in [2.24, 2.45) is 0 Å². The van der Waals surface area contributed by atoms with Gasteiger partial charge in [0.2, 0.25) is 0 Å². The number of hydrogen-bond donors (Lipinski definition) is 0. The minimum atomic E-state index is -2.40. The number of benzene rings is 2. The molecule has 0 radical (unpaired) electrons. The first kappa shape index (κ1) is 22.9. The second kappa shape index (κ2) is 9.38. The van der Waals surface area contributed by atoms with E-state index in [1.165, 1.54) is 10.4 Å². The Labute approximate surface area is 175 Å². The van der Waals surface area contributed by atoms with Gasteiger partial charge in [0.25, 0.3) is 8.32 Å². The molecule has 3 heteroatoms. The molecule has 0 N–H and O–H groups in total. The lowest BCUT2D eigenvalue weighted by Gasteiger charge is -2.43. The van der Waals surface area contributed by atoms with E-state index in [0.29, 0.717) is 0 Å². The van der Waals surface area contributed by atoms with E-state index in [1.54, 1.807) is 5.57 Å². The maximum Gasteiger partial charge on any atom is 0.261 e. The van der Waals surface area contributed by atoms with Gasteiger partial charge in [-0.1, -0.05) is 119 Å². The third-order valence-corrected chi connectivity index (χ3v) is 11.6. The van der Waals surface area contributed by atoms with Gasteiger partial charge in [-0.25, -0.2) is 0 Å². The first-order valence-corrected chi connectivity index (χ1v) is 16.0. The van der Waals surface area contributed by atoms with E-state index in [2.05, 4.69) is 114 Å². The Balaban J connectivity index is 2.43. The van der Waals surface area contributed by atoms with Gasteiger partial charge in [-0.3, -0.25) is 0 Å². The third kappa shape index (κ3) is 5.56. The van der Waals surface area contributed by atoms with Crippen molar-refractivity contribution in [2.75, 3.05) is 6.61 Å². The average Bonchev–Trinajstić information content (AvgIpc) is 2.63. The summed E-state index contributed by atoms with van der Waals surface area (Å²) in [5.41, 5.74) is 4.11. The van der Waals surface area contributed by atoms with Gasteiger partial charge in [-0.05, 0) is 28.3 Å². The fraction of sp³-hybridized carbons (Fsp3) is 0.440. The lowest BCUT2D eigenvalue weighted by atomic mass is 10.2. The van der Waals surface area contributed by atoms with Gasteiger partial charge in [0.15, 0.2) is 0 Å². The van der Waals surface area contributed by atoms with E-state index in [-0.39, 0.29) is 5.04 Å². The number of rotatable bonds is 8. The van der Waals surface area contributed by atoms with Gasteiger partial charge in [-0.15, -0.1) is 0 Å². The Morgan fingerprint density at radius 2 is 1.32 bits per heavy atom. The summed E-state index contributed by atoms with van der Waals surface area (Å²) in [7, 11) is -3.61. The third-order valence-electron chi connectivity index (χ3n) is 5.25. The summed E-state index contributed by atoms with van der Waals surface area (Å²) in [6.07, 6.45) is 2.15. The first-order chi connectivity index (χ1) is 13.1. The summed E-state index contributed by atoms with van der Waals surface area (Å²) < 4.78 is 7.03. The molecule has 28 heavy (non-hydrogen) atoms. The van der Waals surface area contributed by atoms with Crippen molar-refractivity contribution in [3.63, 3.8) is 0 Å². The van der Waals surface area contributed by atoms with Gasteiger partial charge < -0.3 is 4.43 Å². The van der Waals surface area contributed by atoms with Crippen LogP contribution in [-0.4, -0.2) is 23.0 Å². The summed E-state index contributed by atoms with van der Waals surface area (Å²) >= 11 is 0. The summed E-state index contributed by atoms with van der Waals surface area (Å²) in [5, 5.41) is 2.77. The Morgan fingerprint density at radius 1 is 0.857 bits per heavy atom. The van der Waals surface area contributed by atoms with Crippen molar-refractivity contribution in [1.82, 2.24) is 0 Å². The Hall–Kier alpha value is -1.43. The van der Waals surface area contributed by atoms with E-state index in [4.69, 9.17) is 4.43 Å². The highest BCUT2D eigenvalue weighted by Gasteiger charge is 2.49. The van der Waals surface area contributed by atoms with Crippen LogP contribution < -0.4 is 10.4 Å². The lowest BCUT2D eigenvalue weighted by molar-refractivity contribution is 0.300. The number of hydrogen-bond acceptors (Lipinski definition) is 1. The SMILES string of the molecule is CC/C(=C\[Si](C)(C)C)CCO[Si](c1ccccc1)(c1ccccc1)C(C)(C)C. The Bertz CT molecular complexity index is 713. The Kier molecular flexibility index (Phi) is 7.66. The molecular formula is C25H38OSi2. The van der Waals surface area contributed by atoms with Crippen molar-refractivity contribution in [1.29, 1.82) is 0 Å². The molecule has 2 aromatic carbocycles. The standard InChI is InChI=1S/C25H38OSi2/c1-8-22(21-27(5,6)7)19-20-26-28(25(2,3)4,23-15-11-9-12-16-23)24-17-13-10-14-18-24/h9-18,21H,8,19-20H2,1-7H3/b22-21+. The van der Waals surface area contributed by atoms with Crippen LogP contribution in [0.3, 0.4) is 0 Å². The van der Waals surface area contributed by atoms with Crippen molar-refractivity contribution in [3.05, 3.63) is 71.9 Å². The van der Waals surface area contributed by atoms with Gasteiger partial charge >= 0.3 is 0 Å². The average molecular weight is 411 g/mol. The van der Waals surface area contributed by atoms with Gasteiger partial charge in [0, 0.05) is 6.61 Å². The van der Waals surface area contributed by atoms with Crippen LogP contribution in [0, 0.1) is 0 Å². The zero-order chi connectivity index (χ0) is 20.8. The van der Waals surface area contributed by atoms with Crippen LogP contribution in [0.25, 0.3) is 0 Å². The maximum absolute atomic E-state index is 7.03. The van der Waals surface area contributed by atoms with Gasteiger partial charge in [-0.2, -0.15) is 0 Å². The lowest BCUT2D eigenvalue weighted by Crippen LogP contribution is -2.66. The highest BCUT2D eigenvalue weighted by atomic mass is 28.4. The molecule has 0 heterocycles. The van der Waals surface area contributed by atoms with E-state index < -0.39 is 16.4 Å². The molecule has 2 rings (SSSR count). The predicted octanol–water partition coefficient (Wildman–Crippen LogP) is 6.17. The molecule has 0 aliphatic carbocycles. The quantitative estimate of drug-likeness (QED) is 0.473. The molecule has 0 aromatic heterocycles. The molecule has 0 saturated carbocycles. The predicted molar refractivity (Wildman–Crippen MR) is 130 cm³/mol.